The number of hydrogen-bond donors (Lipinski definition) is 1. The Morgan fingerprint density at radius 1 is 1.40 bits per heavy atom. The minimum absolute atomic E-state index is 0.113. The van der Waals surface area contributed by atoms with Crippen LogP contribution in [0.4, 0.5) is 0 Å². The summed E-state index contributed by atoms with van der Waals surface area (Å²) in [6.07, 6.45) is 2.72. The molecule has 1 aromatic rings. The second-order valence-electron chi connectivity index (χ2n) is 4.47. The third-order valence-corrected chi connectivity index (χ3v) is 2.64. The highest BCUT2D eigenvalue weighted by molar-refractivity contribution is 5.41. The van der Waals surface area contributed by atoms with Gasteiger partial charge in [0.15, 0.2) is 0 Å². The van der Waals surface area contributed by atoms with Crippen molar-refractivity contribution in [2.24, 2.45) is 0 Å². The van der Waals surface area contributed by atoms with Gasteiger partial charge in [-0.25, -0.2) is 0 Å². The maximum atomic E-state index is 9.10. The lowest BCUT2D eigenvalue weighted by atomic mass is 10.1. The topological polar surface area (TPSA) is 29.5 Å². The lowest BCUT2D eigenvalue weighted by Gasteiger charge is -2.14. The molecule has 1 fully saturated rings. The Balaban J connectivity index is 2.27. The van der Waals surface area contributed by atoms with E-state index < -0.39 is 0 Å². The van der Waals surface area contributed by atoms with Crippen LogP contribution in [0.2, 0.25) is 0 Å². The predicted molar refractivity (Wildman–Crippen MR) is 60.1 cm³/mol. The van der Waals surface area contributed by atoms with Gasteiger partial charge in [-0.15, -0.1) is 0 Å². The van der Waals surface area contributed by atoms with Gasteiger partial charge in [0.2, 0.25) is 0 Å². The first-order chi connectivity index (χ1) is 7.20. The molecule has 0 aliphatic heterocycles. The van der Waals surface area contributed by atoms with Crippen molar-refractivity contribution in [3.63, 3.8) is 0 Å². The van der Waals surface area contributed by atoms with E-state index in [1.165, 1.54) is 18.4 Å². The molecule has 0 heterocycles. The fraction of sp³-hybridized carbons (Fsp3) is 0.538. The maximum absolute atomic E-state index is 9.10. The van der Waals surface area contributed by atoms with Crippen LogP contribution < -0.4 is 4.74 Å². The lowest BCUT2D eigenvalue weighted by Crippen LogP contribution is -2.07. The van der Waals surface area contributed by atoms with Crippen molar-refractivity contribution >= 4 is 0 Å². The molecule has 1 aliphatic carbocycles. The first-order valence-corrected chi connectivity index (χ1v) is 5.61. The fourth-order valence-electron chi connectivity index (χ4n) is 1.77. The Kier molecular flexibility index (Phi) is 2.96. The third kappa shape index (κ3) is 2.51. The number of aliphatic hydroxyl groups is 1. The van der Waals surface area contributed by atoms with Crippen LogP contribution in [-0.4, -0.2) is 11.2 Å². The molecule has 0 radical (unpaired) electrons. The minimum atomic E-state index is 0.113. The molecule has 0 bridgehead atoms. The van der Waals surface area contributed by atoms with E-state index in [9.17, 15) is 0 Å². The zero-order chi connectivity index (χ0) is 10.8. The van der Waals surface area contributed by atoms with Gasteiger partial charge in [-0.3, -0.25) is 0 Å². The quantitative estimate of drug-likeness (QED) is 0.820. The Morgan fingerprint density at radius 2 is 2.13 bits per heavy atom. The van der Waals surface area contributed by atoms with Gasteiger partial charge in [-0.1, -0.05) is 6.07 Å². The molecule has 1 aromatic carbocycles. The first kappa shape index (κ1) is 10.5. The van der Waals surface area contributed by atoms with Crippen molar-refractivity contribution in [1.82, 2.24) is 0 Å². The van der Waals surface area contributed by atoms with Crippen LogP contribution >= 0.6 is 0 Å². The Morgan fingerprint density at radius 3 is 2.67 bits per heavy atom. The molecule has 2 nitrogen and oxygen atoms in total. The smallest absolute Gasteiger partial charge is 0.123 e. The number of benzene rings is 1. The fourth-order valence-corrected chi connectivity index (χ4v) is 1.77. The average molecular weight is 206 g/mol. The molecule has 0 saturated heterocycles. The molecule has 0 spiro atoms. The van der Waals surface area contributed by atoms with Gasteiger partial charge in [0.05, 0.1) is 12.7 Å². The van der Waals surface area contributed by atoms with E-state index in [1.54, 1.807) is 0 Å². The summed E-state index contributed by atoms with van der Waals surface area (Å²) < 4.78 is 5.76. The van der Waals surface area contributed by atoms with Crippen LogP contribution in [0.25, 0.3) is 0 Å². The van der Waals surface area contributed by atoms with Gasteiger partial charge in [0, 0.05) is 0 Å². The van der Waals surface area contributed by atoms with Crippen molar-refractivity contribution in [2.45, 2.75) is 45.3 Å². The molecule has 1 aliphatic rings. The van der Waals surface area contributed by atoms with Crippen LogP contribution in [-0.2, 0) is 6.61 Å². The van der Waals surface area contributed by atoms with E-state index in [1.807, 2.05) is 26.0 Å². The highest BCUT2D eigenvalue weighted by Gasteiger charge is 2.27. The summed E-state index contributed by atoms with van der Waals surface area (Å²) in [5.74, 6) is 1.65. The molecule has 0 unspecified atom stereocenters. The molecule has 2 heteroatoms. The standard InChI is InChI=1S/C13H18O2/c1-9(2)15-13-6-3-10(8-14)7-12(13)11-4-5-11/h3,6-7,9,11,14H,4-5,8H2,1-2H3. The zero-order valence-corrected chi connectivity index (χ0v) is 9.36. The van der Waals surface area contributed by atoms with Crippen molar-refractivity contribution in [1.29, 1.82) is 0 Å². The molecule has 82 valence electrons. The van der Waals surface area contributed by atoms with Gasteiger partial charge in [-0.2, -0.15) is 0 Å². The summed E-state index contributed by atoms with van der Waals surface area (Å²) in [5.41, 5.74) is 2.25. The van der Waals surface area contributed by atoms with Crippen LogP contribution in [0.1, 0.15) is 43.7 Å². The lowest BCUT2D eigenvalue weighted by molar-refractivity contribution is 0.239. The molecule has 0 atom stereocenters. The van der Waals surface area contributed by atoms with Gasteiger partial charge in [0.25, 0.3) is 0 Å². The van der Waals surface area contributed by atoms with E-state index in [0.717, 1.165) is 11.3 Å². The van der Waals surface area contributed by atoms with E-state index in [4.69, 9.17) is 9.84 Å². The van der Waals surface area contributed by atoms with E-state index in [0.29, 0.717) is 5.92 Å². The average Bonchev–Trinajstić information content (AvgIpc) is 3.01. The summed E-state index contributed by atoms with van der Waals surface area (Å²) >= 11 is 0. The Labute approximate surface area is 90.9 Å². The molecular weight excluding hydrogens is 188 g/mol. The summed E-state index contributed by atoms with van der Waals surface area (Å²) in [7, 11) is 0. The second-order valence-corrected chi connectivity index (χ2v) is 4.47. The largest absolute Gasteiger partial charge is 0.491 e. The molecule has 0 aromatic heterocycles. The van der Waals surface area contributed by atoms with Crippen LogP contribution in [0.3, 0.4) is 0 Å². The van der Waals surface area contributed by atoms with Gasteiger partial charge < -0.3 is 9.84 Å². The number of ether oxygens (including phenoxy) is 1. The normalized spacial score (nSPS) is 15.7. The highest BCUT2D eigenvalue weighted by Crippen LogP contribution is 2.44. The van der Waals surface area contributed by atoms with Crippen molar-refractivity contribution in [3.05, 3.63) is 29.3 Å². The van der Waals surface area contributed by atoms with Crippen molar-refractivity contribution < 1.29 is 9.84 Å². The summed E-state index contributed by atoms with van der Waals surface area (Å²) in [6, 6.07) is 6.00. The molecule has 15 heavy (non-hydrogen) atoms. The number of aliphatic hydroxyl groups excluding tert-OH is 1. The maximum Gasteiger partial charge on any atom is 0.123 e. The minimum Gasteiger partial charge on any atom is -0.491 e. The second kappa shape index (κ2) is 4.23. The van der Waals surface area contributed by atoms with Crippen LogP contribution in [0, 0.1) is 0 Å². The van der Waals surface area contributed by atoms with Crippen molar-refractivity contribution in [2.75, 3.05) is 0 Å². The number of hydrogen-bond acceptors (Lipinski definition) is 2. The summed E-state index contributed by atoms with van der Waals surface area (Å²) in [5, 5.41) is 9.10. The predicted octanol–water partition coefficient (Wildman–Crippen LogP) is 2.84. The van der Waals surface area contributed by atoms with Crippen molar-refractivity contribution in [3.8, 4) is 5.75 Å². The van der Waals surface area contributed by atoms with E-state index in [-0.39, 0.29) is 12.7 Å². The van der Waals surface area contributed by atoms with E-state index >= 15 is 0 Å². The van der Waals surface area contributed by atoms with E-state index in [2.05, 4.69) is 6.07 Å². The van der Waals surface area contributed by atoms with Crippen LogP contribution in [0.15, 0.2) is 18.2 Å². The molecule has 2 rings (SSSR count). The zero-order valence-electron chi connectivity index (χ0n) is 9.36. The molecule has 1 N–H and O–H groups in total. The first-order valence-electron chi connectivity index (χ1n) is 5.61. The summed E-state index contributed by atoms with van der Waals surface area (Å²) in [6.45, 7) is 4.19. The monoisotopic (exact) mass is 206 g/mol. The van der Waals surface area contributed by atoms with Gasteiger partial charge in [-0.05, 0) is 55.9 Å². The Hall–Kier alpha value is -1.02. The summed E-state index contributed by atoms with van der Waals surface area (Å²) in [4.78, 5) is 0. The van der Waals surface area contributed by atoms with Gasteiger partial charge >= 0.3 is 0 Å². The number of rotatable bonds is 4. The SMILES string of the molecule is CC(C)Oc1ccc(CO)cc1C1CC1. The Bertz CT molecular complexity index is 340. The molecule has 1 saturated carbocycles. The third-order valence-electron chi connectivity index (χ3n) is 2.64. The van der Waals surface area contributed by atoms with Gasteiger partial charge in [0.1, 0.15) is 5.75 Å². The van der Waals surface area contributed by atoms with Crippen LogP contribution in [0.5, 0.6) is 5.75 Å². The highest BCUT2D eigenvalue weighted by atomic mass is 16.5. The molecule has 0 amide bonds. The molecular formula is C13H18O2.